The SMILES string of the molecule is CC(=O)N1C(=O)[C@@]2(CC(c3cccc([N+](=O)[O-])c3)=NN2C(C)=O)c2ccccc21. The van der Waals surface area contributed by atoms with Crippen LogP contribution in [0.5, 0.6) is 0 Å². The highest BCUT2D eigenvalue weighted by Crippen LogP contribution is 2.50. The van der Waals surface area contributed by atoms with Crippen molar-refractivity contribution in [3.63, 3.8) is 0 Å². The first kappa shape index (κ1) is 18.5. The molecule has 0 aliphatic carbocycles. The van der Waals surface area contributed by atoms with E-state index in [0.717, 1.165) is 9.91 Å². The highest BCUT2D eigenvalue weighted by Gasteiger charge is 2.60. The minimum Gasteiger partial charge on any atom is -0.274 e. The number of non-ortho nitro benzene ring substituents is 1. The van der Waals surface area contributed by atoms with Gasteiger partial charge in [-0.1, -0.05) is 30.3 Å². The number of nitrogens with zero attached hydrogens (tertiary/aromatic N) is 4. The number of nitro groups is 1. The van der Waals surface area contributed by atoms with Crippen LogP contribution in [0.1, 0.15) is 31.4 Å². The Morgan fingerprint density at radius 1 is 1.10 bits per heavy atom. The molecule has 29 heavy (non-hydrogen) atoms. The van der Waals surface area contributed by atoms with Gasteiger partial charge in [0.2, 0.25) is 11.8 Å². The minimum atomic E-state index is -1.49. The van der Waals surface area contributed by atoms with Gasteiger partial charge in [0.15, 0.2) is 5.54 Å². The number of hydrogen-bond donors (Lipinski definition) is 0. The molecule has 2 heterocycles. The summed E-state index contributed by atoms with van der Waals surface area (Å²) < 4.78 is 0. The maximum atomic E-state index is 13.4. The van der Waals surface area contributed by atoms with Crippen molar-refractivity contribution in [2.45, 2.75) is 25.8 Å². The van der Waals surface area contributed by atoms with Gasteiger partial charge >= 0.3 is 0 Å². The Kier molecular flexibility index (Phi) is 4.04. The lowest BCUT2D eigenvalue weighted by atomic mass is 9.85. The van der Waals surface area contributed by atoms with E-state index in [9.17, 15) is 24.5 Å². The molecule has 2 aromatic carbocycles. The van der Waals surface area contributed by atoms with E-state index in [4.69, 9.17) is 0 Å². The molecular weight excluding hydrogens is 376 g/mol. The number of carbonyl (C=O) groups excluding carboxylic acids is 3. The van der Waals surface area contributed by atoms with Gasteiger partial charge in [0.1, 0.15) is 0 Å². The van der Waals surface area contributed by atoms with Gasteiger partial charge in [-0.3, -0.25) is 24.5 Å². The van der Waals surface area contributed by atoms with Gasteiger partial charge < -0.3 is 0 Å². The fraction of sp³-hybridized carbons (Fsp3) is 0.200. The number of fused-ring (bicyclic) bond motifs is 2. The molecule has 1 atom stereocenters. The summed E-state index contributed by atoms with van der Waals surface area (Å²) >= 11 is 0. The standard InChI is InChI=1S/C20H16N4O5/c1-12(25)22-18-9-4-3-8-16(18)20(19(22)27)11-17(21-23(20)13(2)26)14-6-5-7-15(10-14)24(28)29/h3-10H,11H2,1-2H3/t20-/m1/s1. The number of imide groups is 1. The average Bonchev–Trinajstić information content (AvgIpc) is 3.20. The number of hydrogen-bond acceptors (Lipinski definition) is 6. The molecule has 0 aromatic heterocycles. The number of anilines is 1. The number of carbonyl (C=O) groups is 3. The third-order valence-electron chi connectivity index (χ3n) is 5.16. The van der Waals surface area contributed by atoms with Gasteiger partial charge in [0, 0.05) is 43.5 Å². The van der Waals surface area contributed by atoms with Crippen LogP contribution in [0.3, 0.4) is 0 Å². The van der Waals surface area contributed by atoms with Crippen LogP contribution in [-0.2, 0) is 19.9 Å². The number of benzene rings is 2. The number of amides is 3. The Hall–Kier alpha value is -3.88. The molecule has 0 saturated heterocycles. The summed E-state index contributed by atoms with van der Waals surface area (Å²) in [5.41, 5.74) is 0.0929. The Labute approximate surface area is 165 Å². The summed E-state index contributed by atoms with van der Waals surface area (Å²) in [5.74, 6) is -1.50. The van der Waals surface area contributed by atoms with Crippen LogP contribution in [0.25, 0.3) is 0 Å². The van der Waals surface area contributed by atoms with Crippen molar-refractivity contribution < 1.29 is 19.3 Å². The van der Waals surface area contributed by atoms with Crippen molar-refractivity contribution >= 4 is 34.8 Å². The smallest absolute Gasteiger partial charge is 0.270 e. The summed E-state index contributed by atoms with van der Waals surface area (Å²) in [6, 6.07) is 12.6. The maximum Gasteiger partial charge on any atom is 0.270 e. The Morgan fingerprint density at radius 2 is 1.83 bits per heavy atom. The fourth-order valence-corrected chi connectivity index (χ4v) is 3.97. The molecule has 0 N–H and O–H groups in total. The van der Waals surface area contributed by atoms with Gasteiger partial charge in [-0.05, 0) is 6.07 Å². The van der Waals surface area contributed by atoms with Crippen LogP contribution in [0.2, 0.25) is 0 Å². The van der Waals surface area contributed by atoms with Crippen LogP contribution in [0.4, 0.5) is 11.4 Å². The predicted molar refractivity (Wildman–Crippen MR) is 103 cm³/mol. The number of nitro benzene ring substituents is 1. The third kappa shape index (κ3) is 2.54. The first-order valence-electron chi connectivity index (χ1n) is 8.85. The molecule has 4 rings (SSSR count). The van der Waals surface area contributed by atoms with E-state index in [0.29, 0.717) is 22.5 Å². The quantitative estimate of drug-likeness (QED) is 0.575. The van der Waals surface area contributed by atoms with Gasteiger partial charge in [0.25, 0.3) is 11.6 Å². The fourth-order valence-electron chi connectivity index (χ4n) is 3.97. The van der Waals surface area contributed by atoms with Crippen molar-refractivity contribution in [3.8, 4) is 0 Å². The Balaban J connectivity index is 1.89. The summed E-state index contributed by atoms with van der Waals surface area (Å²) in [4.78, 5) is 49.7. The zero-order valence-electron chi connectivity index (χ0n) is 15.7. The zero-order chi connectivity index (χ0) is 20.9. The monoisotopic (exact) mass is 392 g/mol. The molecule has 0 bridgehead atoms. The molecule has 0 unspecified atom stereocenters. The van der Waals surface area contributed by atoms with Gasteiger partial charge in [0.05, 0.1) is 16.3 Å². The molecule has 9 nitrogen and oxygen atoms in total. The first-order chi connectivity index (χ1) is 13.8. The van der Waals surface area contributed by atoms with E-state index in [1.54, 1.807) is 30.3 Å². The summed E-state index contributed by atoms with van der Waals surface area (Å²) in [5, 5.41) is 16.6. The molecule has 2 aliphatic heterocycles. The van der Waals surface area contributed by atoms with Crippen molar-refractivity contribution in [1.29, 1.82) is 0 Å². The van der Waals surface area contributed by atoms with E-state index in [1.165, 1.54) is 32.0 Å². The summed E-state index contributed by atoms with van der Waals surface area (Å²) in [6.45, 7) is 2.57. The van der Waals surface area contributed by atoms with E-state index in [2.05, 4.69) is 5.10 Å². The lowest BCUT2D eigenvalue weighted by Gasteiger charge is -2.30. The third-order valence-corrected chi connectivity index (χ3v) is 5.16. The van der Waals surface area contributed by atoms with Crippen LogP contribution in [0.15, 0.2) is 53.6 Å². The molecule has 1 spiro atoms. The molecule has 0 fully saturated rings. The zero-order valence-corrected chi connectivity index (χ0v) is 15.7. The molecule has 146 valence electrons. The van der Waals surface area contributed by atoms with Crippen LogP contribution in [0, 0.1) is 10.1 Å². The molecule has 2 aliphatic rings. The van der Waals surface area contributed by atoms with E-state index in [1.807, 2.05) is 0 Å². The second-order valence-corrected chi connectivity index (χ2v) is 6.90. The Bertz CT molecular complexity index is 1130. The predicted octanol–water partition coefficient (Wildman–Crippen LogP) is 2.34. The largest absolute Gasteiger partial charge is 0.274 e. The number of para-hydroxylation sites is 1. The van der Waals surface area contributed by atoms with E-state index in [-0.39, 0.29) is 12.1 Å². The van der Waals surface area contributed by atoms with Crippen molar-refractivity contribution in [3.05, 3.63) is 69.8 Å². The summed E-state index contributed by atoms with van der Waals surface area (Å²) in [6.07, 6.45) is 0.00732. The van der Waals surface area contributed by atoms with Gasteiger partial charge in [-0.25, -0.2) is 9.91 Å². The summed E-state index contributed by atoms with van der Waals surface area (Å²) in [7, 11) is 0. The topological polar surface area (TPSA) is 113 Å². The van der Waals surface area contributed by atoms with E-state index < -0.39 is 28.2 Å². The number of hydrazone groups is 1. The van der Waals surface area contributed by atoms with Crippen molar-refractivity contribution in [1.82, 2.24) is 5.01 Å². The van der Waals surface area contributed by atoms with Crippen LogP contribution >= 0.6 is 0 Å². The second kappa shape index (κ2) is 6.33. The van der Waals surface area contributed by atoms with Crippen molar-refractivity contribution in [2.24, 2.45) is 5.10 Å². The molecule has 9 heteroatoms. The highest BCUT2D eigenvalue weighted by molar-refractivity contribution is 6.25. The molecule has 0 saturated carbocycles. The normalized spacial score (nSPS) is 20.1. The van der Waals surface area contributed by atoms with Crippen LogP contribution < -0.4 is 4.90 Å². The minimum absolute atomic E-state index is 0.00732. The lowest BCUT2D eigenvalue weighted by Crippen LogP contribution is -2.51. The maximum absolute atomic E-state index is 13.4. The average molecular weight is 392 g/mol. The highest BCUT2D eigenvalue weighted by atomic mass is 16.6. The molecular formula is C20H16N4O5. The number of rotatable bonds is 2. The molecule has 2 aromatic rings. The van der Waals surface area contributed by atoms with Gasteiger partial charge in [-0.2, -0.15) is 5.10 Å². The second-order valence-electron chi connectivity index (χ2n) is 6.90. The molecule has 0 radical (unpaired) electrons. The van der Waals surface area contributed by atoms with Gasteiger partial charge in [-0.15, -0.1) is 0 Å². The van der Waals surface area contributed by atoms with Crippen LogP contribution in [-0.4, -0.2) is 33.4 Å². The first-order valence-corrected chi connectivity index (χ1v) is 8.85. The Morgan fingerprint density at radius 3 is 2.48 bits per heavy atom. The van der Waals surface area contributed by atoms with Crippen molar-refractivity contribution in [2.75, 3.05) is 4.90 Å². The van der Waals surface area contributed by atoms with E-state index >= 15 is 0 Å². The lowest BCUT2D eigenvalue weighted by molar-refractivity contribution is -0.384. The molecule has 3 amide bonds.